The molecule has 2 N–H and O–H groups in total. The quantitative estimate of drug-likeness (QED) is 0.394. The first kappa shape index (κ1) is 15.7. The Balaban J connectivity index is 2.09. The minimum absolute atomic E-state index is 0.00571. The number of anilines is 1. The number of para-hydroxylation sites is 2. The Morgan fingerprint density at radius 1 is 1.05 bits per heavy atom. The number of nitrogen functional groups attached to an aromatic ring is 1. The number of rotatable bonds is 5. The van der Waals surface area contributed by atoms with Crippen molar-refractivity contribution in [1.29, 1.82) is 0 Å². The highest BCUT2D eigenvalue weighted by Gasteiger charge is 2.20. The third kappa shape index (κ3) is 3.50. The first-order valence-corrected chi connectivity index (χ1v) is 7.27. The number of nitro groups is 1. The molecule has 0 saturated carbocycles. The normalized spacial score (nSPS) is 10.2. The summed E-state index contributed by atoms with van der Waals surface area (Å²) in [7, 11) is 0. The number of hydrogen-bond acceptors (Lipinski definition) is 6. The fourth-order valence-corrected chi connectivity index (χ4v) is 2.60. The van der Waals surface area contributed by atoms with Gasteiger partial charge < -0.3 is 5.73 Å². The Bertz CT molecular complexity index is 746. The molecule has 2 rings (SSSR count). The summed E-state index contributed by atoms with van der Waals surface area (Å²) in [6.07, 6.45) is 0. The molecule has 2 aromatic carbocycles. The predicted octanol–water partition coefficient (Wildman–Crippen LogP) is 2.93. The van der Waals surface area contributed by atoms with E-state index in [2.05, 4.69) is 0 Å². The maximum atomic E-state index is 12.1. The number of ketones is 1. The summed E-state index contributed by atoms with van der Waals surface area (Å²) in [5.74, 6) is -0.655. The number of Topliss-reactive ketones (excluding diaryl/α,β-unsaturated/α-hetero) is 1. The third-order valence-electron chi connectivity index (χ3n) is 2.92. The van der Waals surface area contributed by atoms with Crippen molar-refractivity contribution in [2.75, 3.05) is 11.5 Å². The zero-order valence-corrected chi connectivity index (χ0v) is 12.2. The van der Waals surface area contributed by atoms with Crippen LogP contribution in [0.25, 0.3) is 0 Å². The summed E-state index contributed by atoms with van der Waals surface area (Å²) in [5.41, 5.74) is 6.08. The number of hydrogen-bond donors (Lipinski definition) is 1. The van der Waals surface area contributed by atoms with E-state index in [1.54, 1.807) is 30.3 Å². The van der Waals surface area contributed by atoms with Crippen molar-refractivity contribution in [3.8, 4) is 0 Å². The first-order chi connectivity index (χ1) is 10.5. The van der Waals surface area contributed by atoms with Crippen molar-refractivity contribution >= 4 is 34.0 Å². The molecule has 112 valence electrons. The van der Waals surface area contributed by atoms with Gasteiger partial charge in [-0.3, -0.25) is 19.7 Å². The van der Waals surface area contributed by atoms with Crippen molar-refractivity contribution in [2.24, 2.45) is 0 Å². The van der Waals surface area contributed by atoms with Gasteiger partial charge in [-0.05, 0) is 18.2 Å². The van der Waals surface area contributed by atoms with Crippen molar-refractivity contribution in [3.63, 3.8) is 0 Å². The van der Waals surface area contributed by atoms with Gasteiger partial charge in [0, 0.05) is 11.8 Å². The number of nitrogens with zero attached hydrogens (tertiary/aromatic N) is 1. The van der Waals surface area contributed by atoms with Crippen LogP contribution < -0.4 is 5.73 Å². The summed E-state index contributed by atoms with van der Waals surface area (Å²) in [4.78, 5) is 34.4. The molecule has 0 aromatic heterocycles. The zero-order valence-electron chi connectivity index (χ0n) is 11.4. The Morgan fingerprint density at radius 3 is 2.27 bits per heavy atom. The Labute approximate surface area is 130 Å². The van der Waals surface area contributed by atoms with Gasteiger partial charge in [0.05, 0.1) is 21.8 Å². The predicted molar refractivity (Wildman–Crippen MR) is 85.1 cm³/mol. The van der Waals surface area contributed by atoms with Crippen molar-refractivity contribution < 1.29 is 14.5 Å². The average molecular weight is 316 g/mol. The summed E-state index contributed by atoms with van der Waals surface area (Å²) < 4.78 is 0. The number of thioether (sulfide) groups is 1. The van der Waals surface area contributed by atoms with Crippen molar-refractivity contribution in [1.82, 2.24) is 0 Å². The van der Waals surface area contributed by atoms with E-state index in [1.165, 1.54) is 18.2 Å². The highest BCUT2D eigenvalue weighted by Crippen LogP contribution is 2.22. The molecule has 7 heteroatoms. The van der Waals surface area contributed by atoms with Crippen LogP contribution in [0.3, 0.4) is 0 Å². The second-order valence-corrected chi connectivity index (χ2v) is 5.31. The van der Waals surface area contributed by atoms with E-state index in [9.17, 15) is 19.7 Å². The molecule has 0 amide bonds. The summed E-state index contributed by atoms with van der Waals surface area (Å²) in [6.45, 7) is 0. The molecule has 0 atom stereocenters. The van der Waals surface area contributed by atoms with Gasteiger partial charge in [0.2, 0.25) is 5.12 Å². The minimum atomic E-state index is -0.616. The van der Waals surface area contributed by atoms with Gasteiger partial charge in [-0.2, -0.15) is 0 Å². The second-order valence-electron chi connectivity index (χ2n) is 4.36. The zero-order chi connectivity index (χ0) is 16.1. The van der Waals surface area contributed by atoms with E-state index in [0.717, 1.165) is 11.8 Å². The lowest BCUT2D eigenvalue weighted by Crippen LogP contribution is -2.09. The number of carbonyl (C=O) groups excluding carboxylic acids is 2. The molecule has 0 aliphatic carbocycles. The second kappa shape index (κ2) is 6.86. The SMILES string of the molecule is Nc1ccccc1C(=O)SCC(=O)c1ccccc1[N+](=O)[O-]. The van der Waals surface area contributed by atoms with Crippen LogP contribution in [0.4, 0.5) is 11.4 Å². The Hall–Kier alpha value is -2.67. The molecule has 0 radical (unpaired) electrons. The Morgan fingerprint density at radius 2 is 1.64 bits per heavy atom. The summed E-state index contributed by atoms with van der Waals surface area (Å²) in [5, 5.41) is 10.6. The van der Waals surface area contributed by atoms with Gasteiger partial charge in [-0.15, -0.1) is 0 Å². The topological polar surface area (TPSA) is 103 Å². The fraction of sp³-hybridized carbons (Fsp3) is 0.0667. The third-order valence-corrected chi connectivity index (χ3v) is 3.80. The highest BCUT2D eigenvalue weighted by molar-refractivity contribution is 8.14. The number of carbonyl (C=O) groups is 2. The van der Waals surface area contributed by atoms with Gasteiger partial charge in [0.15, 0.2) is 5.78 Å². The van der Waals surface area contributed by atoms with Crippen LogP contribution in [0.2, 0.25) is 0 Å². The van der Waals surface area contributed by atoms with E-state index in [0.29, 0.717) is 11.3 Å². The highest BCUT2D eigenvalue weighted by atomic mass is 32.2. The van der Waals surface area contributed by atoms with Gasteiger partial charge in [-0.25, -0.2) is 0 Å². The monoisotopic (exact) mass is 316 g/mol. The largest absolute Gasteiger partial charge is 0.398 e. The summed E-state index contributed by atoms with van der Waals surface area (Å²) >= 11 is 0.776. The number of nitro benzene ring substituents is 1. The van der Waals surface area contributed by atoms with Crippen LogP contribution >= 0.6 is 11.8 Å². The number of nitrogens with two attached hydrogens (primary N) is 1. The van der Waals surface area contributed by atoms with Crippen LogP contribution in [-0.2, 0) is 0 Å². The van der Waals surface area contributed by atoms with Crippen molar-refractivity contribution in [2.45, 2.75) is 0 Å². The molecule has 0 aliphatic heterocycles. The molecule has 0 unspecified atom stereocenters. The van der Waals surface area contributed by atoms with Crippen LogP contribution in [0.5, 0.6) is 0 Å². The molecule has 0 aliphatic rings. The maximum Gasteiger partial charge on any atom is 0.280 e. The fourth-order valence-electron chi connectivity index (χ4n) is 1.84. The van der Waals surface area contributed by atoms with E-state index < -0.39 is 10.7 Å². The number of benzene rings is 2. The van der Waals surface area contributed by atoms with Crippen LogP contribution in [-0.4, -0.2) is 21.6 Å². The van der Waals surface area contributed by atoms with Gasteiger partial charge in [-0.1, -0.05) is 36.0 Å². The Kier molecular flexibility index (Phi) is 4.90. The van der Waals surface area contributed by atoms with E-state index >= 15 is 0 Å². The minimum Gasteiger partial charge on any atom is -0.398 e. The molecule has 0 spiro atoms. The lowest BCUT2D eigenvalue weighted by Gasteiger charge is -2.04. The molecule has 6 nitrogen and oxygen atoms in total. The van der Waals surface area contributed by atoms with Crippen molar-refractivity contribution in [3.05, 3.63) is 69.8 Å². The van der Waals surface area contributed by atoms with Crippen LogP contribution in [0.15, 0.2) is 48.5 Å². The lowest BCUT2D eigenvalue weighted by atomic mass is 10.1. The molecule has 0 fully saturated rings. The van der Waals surface area contributed by atoms with E-state index in [-0.39, 0.29) is 22.1 Å². The molecule has 0 bridgehead atoms. The van der Waals surface area contributed by atoms with Gasteiger partial charge >= 0.3 is 0 Å². The molecule has 2 aromatic rings. The smallest absolute Gasteiger partial charge is 0.280 e. The lowest BCUT2D eigenvalue weighted by molar-refractivity contribution is -0.385. The molecule has 0 heterocycles. The summed E-state index contributed by atoms with van der Waals surface area (Å²) in [6, 6.07) is 12.2. The van der Waals surface area contributed by atoms with Crippen LogP contribution in [0, 0.1) is 10.1 Å². The first-order valence-electron chi connectivity index (χ1n) is 6.29. The van der Waals surface area contributed by atoms with Crippen LogP contribution in [0.1, 0.15) is 20.7 Å². The molecule has 22 heavy (non-hydrogen) atoms. The maximum absolute atomic E-state index is 12.1. The molecular formula is C15H12N2O4S. The van der Waals surface area contributed by atoms with E-state index in [1.807, 2.05) is 0 Å². The van der Waals surface area contributed by atoms with Gasteiger partial charge in [0.1, 0.15) is 0 Å². The molecular weight excluding hydrogens is 304 g/mol. The van der Waals surface area contributed by atoms with E-state index in [4.69, 9.17) is 5.73 Å². The molecule has 0 saturated heterocycles. The average Bonchev–Trinajstić information content (AvgIpc) is 2.52. The standard InChI is InChI=1S/C15H12N2O4S/c16-12-7-3-1-5-10(12)15(19)22-9-14(18)11-6-2-4-8-13(11)17(20)21/h1-8H,9,16H2. The van der Waals surface area contributed by atoms with Gasteiger partial charge in [0.25, 0.3) is 5.69 Å².